The SMILES string of the molecule is CC(=O)[C@@](O)(C(=O)Oc1ccc([N+](=O)[O-])cc1)c1ccccc1. The van der Waals surface area contributed by atoms with Crippen LogP contribution in [0.25, 0.3) is 0 Å². The molecule has 0 aliphatic heterocycles. The standard InChI is InChI=1S/C16H13NO6/c1-11(18)16(20,12-5-3-2-4-6-12)15(19)23-14-9-7-13(8-10-14)17(21)22/h2-10,20H,1H3/t16-/m0/s1. The van der Waals surface area contributed by atoms with Crippen LogP contribution in [0, 0.1) is 10.1 Å². The molecule has 2 aromatic carbocycles. The minimum atomic E-state index is -2.44. The van der Waals surface area contributed by atoms with Crippen molar-refractivity contribution < 1.29 is 24.4 Å². The number of esters is 1. The van der Waals surface area contributed by atoms with Crippen LogP contribution in [0.5, 0.6) is 5.75 Å². The Morgan fingerprint density at radius 2 is 1.65 bits per heavy atom. The number of Topliss-reactive ketones (excluding diaryl/α,β-unsaturated/α-hetero) is 1. The van der Waals surface area contributed by atoms with Gasteiger partial charge in [-0.05, 0) is 19.1 Å². The molecule has 7 heteroatoms. The molecule has 0 aromatic heterocycles. The minimum absolute atomic E-state index is 0.0174. The first-order chi connectivity index (χ1) is 10.9. The molecule has 0 radical (unpaired) electrons. The maximum absolute atomic E-state index is 12.3. The van der Waals surface area contributed by atoms with Crippen molar-refractivity contribution in [1.82, 2.24) is 0 Å². The smallest absolute Gasteiger partial charge is 0.356 e. The molecule has 118 valence electrons. The Morgan fingerprint density at radius 3 is 2.13 bits per heavy atom. The van der Waals surface area contributed by atoms with Crippen molar-refractivity contribution in [2.75, 3.05) is 0 Å². The quantitative estimate of drug-likeness (QED) is 0.297. The zero-order chi connectivity index (χ0) is 17.0. The number of aliphatic hydroxyl groups is 1. The van der Waals surface area contributed by atoms with Gasteiger partial charge in [-0.1, -0.05) is 30.3 Å². The highest BCUT2D eigenvalue weighted by Gasteiger charge is 2.45. The number of nitro groups is 1. The number of nitro benzene ring substituents is 1. The number of ether oxygens (including phenoxy) is 1. The van der Waals surface area contributed by atoms with E-state index in [4.69, 9.17) is 4.74 Å². The van der Waals surface area contributed by atoms with Crippen LogP contribution in [0.15, 0.2) is 54.6 Å². The molecular formula is C16H13NO6. The first kappa shape index (κ1) is 16.3. The van der Waals surface area contributed by atoms with Crippen molar-refractivity contribution in [2.24, 2.45) is 0 Å². The van der Waals surface area contributed by atoms with E-state index >= 15 is 0 Å². The van der Waals surface area contributed by atoms with Crippen LogP contribution >= 0.6 is 0 Å². The average molecular weight is 315 g/mol. The van der Waals surface area contributed by atoms with Gasteiger partial charge in [-0.15, -0.1) is 0 Å². The lowest BCUT2D eigenvalue weighted by atomic mass is 9.90. The highest BCUT2D eigenvalue weighted by atomic mass is 16.6. The molecule has 0 amide bonds. The van der Waals surface area contributed by atoms with Gasteiger partial charge in [0.25, 0.3) is 5.69 Å². The van der Waals surface area contributed by atoms with Crippen molar-refractivity contribution in [3.05, 3.63) is 70.3 Å². The molecule has 0 heterocycles. The zero-order valence-electron chi connectivity index (χ0n) is 12.1. The topological polar surface area (TPSA) is 107 Å². The summed E-state index contributed by atoms with van der Waals surface area (Å²) in [7, 11) is 0. The van der Waals surface area contributed by atoms with Gasteiger partial charge in [0.2, 0.25) is 5.60 Å². The van der Waals surface area contributed by atoms with E-state index in [0.717, 1.165) is 19.1 Å². The van der Waals surface area contributed by atoms with E-state index in [2.05, 4.69) is 0 Å². The highest BCUT2D eigenvalue weighted by Crippen LogP contribution is 2.26. The lowest BCUT2D eigenvalue weighted by Crippen LogP contribution is -2.45. The van der Waals surface area contributed by atoms with Gasteiger partial charge in [0.05, 0.1) is 4.92 Å². The summed E-state index contributed by atoms with van der Waals surface area (Å²) in [6, 6.07) is 12.4. The summed E-state index contributed by atoms with van der Waals surface area (Å²) in [4.78, 5) is 34.1. The fraction of sp³-hybridized carbons (Fsp3) is 0.125. The van der Waals surface area contributed by atoms with E-state index in [0.29, 0.717) is 0 Å². The largest absolute Gasteiger partial charge is 0.424 e. The third kappa shape index (κ3) is 3.24. The Kier molecular flexibility index (Phi) is 4.52. The van der Waals surface area contributed by atoms with Gasteiger partial charge in [-0.3, -0.25) is 14.9 Å². The van der Waals surface area contributed by atoms with Gasteiger partial charge in [0.1, 0.15) is 5.75 Å². The van der Waals surface area contributed by atoms with E-state index in [9.17, 15) is 24.8 Å². The van der Waals surface area contributed by atoms with Gasteiger partial charge < -0.3 is 9.84 Å². The van der Waals surface area contributed by atoms with E-state index in [1.54, 1.807) is 18.2 Å². The molecule has 1 atom stereocenters. The number of benzene rings is 2. The van der Waals surface area contributed by atoms with E-state index in [1.807, 2.05) is 0 Å². The van der Waals surface area contributed by atoms with Crippen LogP contribution in [0.4, 0.5) is 5.69 Å². The molecule has 0 aliphatic carbocycles. The van der Waals surface area contributed by atoms with Crippen LogP contribution in [-0.2, 0) is 15.2 Å². The van der Waals surface area contributed by atoms with Crippen LogP contribution in [0.2, 0.25) is 0 Å². The second-order valence-electron chi connectivity index (χ2n) is 4.77. The molecule has 0 unspecified atom stereocenters. The molecule has 2 aromatic rings. The van der Waals surface area contributed by atoms with Crippen molar-refractivity contribution >= 4 is 17.4 Å². The number of hydrogen-bond acceptors (Lipinski definition) is 6. The second kappa shape index (κ2) is 6.37. The Balaban J connectivity index is 2.29. The third-order valence-corrected chi connectivity index (χ3v) is 3.25. The molecule has 0 fully saturated rings. The second-order valence-corrected chi connectivity index (χ2v) is 4.77. The molecule has 2 rings (SSSR count). The Bertz CT molecular complexity index is 741. The Hall–Kier alpha value is -3.06. The minimum Gasteiger partial charge on any atom is -0.424 e. The first-order valence-electron chi connectivity index (χ1n) is 6.61. The summed E-state index contributed by atoms with van der Waals surface area (Å²) in [6.45, 7) is 1.07. The lowest BCUT2D eigenvalue weighted by Gasteiger charge is -2.23. The summed E-state index contributed by atoms with van der Waals surface area (Å²) >= 11 is 0. The number of nitrogens with zero attached hydrogens (tertiary/aromatic N) is 1. The fourth-order valence-corrected chi connectivity index (χ4v) is 1.96. The number of ketones is 1. The van der Waals surface area contributed by atoms with E-state index in [-0.39, 0.29) is 17.0 Å². The lowest BCUT2D eigenvalue weighted by molar-refractivity contribution is -0.384. The van der Waals surface area contributed by atoms with Crippen molar-refractivity contribution in [2.45, 2.75) is 12.5 Å². The van der Waals surface area contributed by atoms with Crippen LogP contribution in [-0.4, -0.2) is 21.8 Å². The van der Waals surface area contributed by atoms with Gasteiger partial charge >= 0.3 is 5.97 Å². The monoisotopic (exact) mass is 315 g/mol. The van der Waals surface area contributed by atoms with Gasteiger partial charge in [0, 0.05) is 17.7 Å². The number of carbonyl (C=O) groups is 2. The third-order valence-electron chi connectivity index (χ3n) is 3.25. The number of non-ortho nitro benzene ring substituents is 1. The Morgan fingerprint density at radius 1 is 1.09 bits per heavy atom. The molecule has 0 saturated heterocycles. The van der Waals surface area contributed by atoms with E-state index in [1.165, 1.54) is 24.3 Å². The first-order valence-corrected chi connectivity index (χ1v) is 6.61. The number of carbonyl (C=O) groups excluding carboxylic acids is 2. The molecule has 7 nitrogen and oxygen atoms in total. The van der Waals surface area contributed by atoms with Gasteiger partial charge in [-0.2, -0.15) is 0 Å². The van der Waals surface area contributed by atoms with Crippen molar-refractivity contribution in [3.8, 4) is 5.75 Å². The summed E-state index contributed by atoms with van der Waals surface area (Å²) < 4.78 is 5.00. The number of hydrogen-bond donors (Lipinski definition) is 1. The van der Waals surface area contributed by atoms with Crippen molar-refractivity contribution in [1.29, 1.82) is 0 Å². The summed E-state index contributed by atoms with van der Waals surface area (Å²) in [5.41, 5.74) is -2.53. The predicted molar refractivity (Wildman–Crippen MR) is 79.8 cm³/mol. The fourth-order valence-electron chi connectivity index (χ4n) is 1.96. The Labute approximate surface area is 131 Å². The molecule has 1 N–H and O–H groups in total. The number of rotatable bonds is 5. The summed E-state index contributed by atoms with van der Waals surface area (Å²) in [5, 5.41) is 21.1. The summed E-state index contributed by atoms with van der Waals surface area (Å²) in [5.74, 6) is -1.99. The van der Waals surface area contributed by atoms with Gasteiger partial charge in [-0.25, -0.2) is 4.79 Å². The maximum atomic E-state index is 12.3. The van der Waals surface area contributed by atoms with Crippen LogP contribution in [0.3, 0.4) is 0 Å². The molecular weight excluding hydrogens is 302 g/mol. The summed E-state index contributed by atoms with van der Waals surface area (Å²) in [6.07, 6.45) is 0. The van der Waals surface area contributed by atoms with Crippen LogP contribution < -0.4 is 4.74 Å². The maximum Gasteiger partial charge on any atom is 0.356 e. The van der Waals surface area contributed by atoms with Gasteiger partial charge in [0.15, 0.2) is 5.78 Å². The molecule has 0 saturated carbocycles. The predicted octanol–water partition coefficient (Wildman–Crippen LogP) is 1.98. The zero-order valence-corrected chi connectivity index (χ0v) is 12.1. The highest BCUT2D eigenvalue weighted by molar-refractivity contribution is 6.07. The normalized spacial score (nSPS) is 13.0. The van der Waals surface area contributed by atoms with Crippen LogP contribution in [0.1, 0.15) is 12.5 Å². The molecule has 0 spiro atoms. The molecule has 23 heavy (non-hydrogen) atoms. The van der Waals surface area contributed by atoms with E-state index < -0.39 is 22.3 Å². The average Bonchev–Trinajstić information content (AvgIpc) is 2.55. The molecule has 0 aliphatic rings. The molecule has 0 bridgehead atoms. The van der Waals surface area contributed by atoms with Crippen molar-refractivity contribution in [3.63, 3.8) is 0 Å².